The molecule has 8 nitrogen and oxygen atoms in total. The first kappa shape index (κ1) is 23.3. The van der Waals surface area contributed by atoms with Gasteiger partial charge in [0.2, 0.25) is 15.9 Å². The molecule has 0 saturated carbocycles. The highest BCUT2D eigenvalue weighted by Crippen LogP contribution is 2.28. The van der Waals surface area contributed by atoms with E-state index in [9.17, 15) is 22.4 Å². The van der Waals surface area contributed by atoms with Crippen LogP contribution in [0.15, 0.2) is 52.4 Å². The average molecular weight is 493 g/mol. The van der Waals surface area contributed by atoms with Crippen molar-refractivity contribution in [1.82, 2.24) is 13.9 Å². The number of anilines is 1. The molecule has 4 rings (SSSR count). The van der Waals surface area contributed by atoms with Crippen molar-refractivity contribution in [2.45, 2.75) is 37.1 Å². The van der Waals surface area contributed by atoms with E-state index in [1.165, 1.54) is 28.6 Å². The van der Waals surface area contributed by atoms with Gasteiger partial charge >= 0.3 is 0 Å². The Morgan fingerprint density at radius 1 is 1.09 bits per heavy atom. The van der Waals surface area contributed by atoms with Crippen molar-refractivity contribution in [3.05, 3.63) is 63.9 Å². The molecule has 1 N–H and O–H groups in total. The molecule has 1 aromatic heterocycles. The van der Waals surface area contributed by atoms with Gasteiger partial charge in [-0.3, -0.25) is 14.2 Å². The SMILES string of the molecule is O=C(Cn1cnc2cc(F)ccc2c1=O)Nc1cc(S(=O)(=O)N2CCCCCC2)ccc1Cl. The van der Waals surface area contributed by atoms with Gasteiger partial charge in [-0.1, -0.05) is 24.4 Å². The van der Waals surface area contributed by atoms with Crippen LogP contribution in [-0.4, -0.2) is 41.3 Å². The highest BCUT2D eigenvalue weighted by Gasteiger charge is 2.26. The van der Waals surface area contributed by atoms with E-state index >= 15 is 0 Å². The zero-order valence-corrected chi connectivity index (χ0v) is 19.2. The number of rotatable bonds is 5. The van der Waals surface area contributed by atoms with E-state index in [-0.39, 0.29) is 33.1 Å². The van der Waals surface area contributed by atoms with E-state index in [4.69, 9.17) is 11.6 Å². The largest absolute Gasteiger partial charge is 0.323 e. The third-order valence-corrected chi connectivity index (χ3v) is 7.74. The first-order valence-corrected chi connectivity index (χ1v) is 12.3. The van der Waals surface area contributed by atoms with E-state index in [1.54, 1.807) is 0 Å². The number of halogens is 2. The molecule has 33 heavy (non-hydrogen) atoms. The number of nitrogens with one attached hydrogen (secondary N) is 1. The third-order valence-electron chi connectivity index (χ3n) is 5.52. The Morgan fingerprint density at radius 3 is 2.55 bits per heavy atom. The van der Waals surface area contributed by atoms with Crippen LogP contribution in [0.4, 0.5) is 10.1 Å². The molecular weight excluding hydrogens is 471 g/mol. The summed E-state index contributed by atoms with van der Waals surface area (Å²) in [5.41, 5.74) is -0.189. The van der Waals surface area contributed by atoms with E-state index in [0.29, 0.717) is 13.1 Å². The minimum absolute atomic E-state index is 0.0377. The molecule has 0 aliphatic carbocycles. The summed E-state index contributed by atoms with van der Waals surface area (Å²) in [6, 6.07) is 7.74. The number of benzene rings is 2. The molecule has 174 valence electrons. The maximum Gasteiger partial charge on any atom is 0.261 e. The van der Waals surface area contributed by atoms with Gasteiger partial charge in [-0.25, -0.2) is 17.8 Å². The molecule has 1 aliphatic rings. The van der Waals surface area contributed by atoms with Crippen molar-refractivity contribution in [2.24, 2.45) is 0 Å². The van der Waals surface area contributed by atoms with Gasteiger partial charge in [0.05, 0.1) is 32.8 Å². The first-order valence-electron chi connectivity index (χ1n) is 10.5. The standard InChI is InChI=1S/C22H22ClFN4O4S/c23-18-8-6-16(33(31,32)28-9-3-1-2-4-10-28)12-20(18)26-21(29)13-27-14-25-19-11-15(24)5-7-17(19)22(27)30/h5-8,11-12,14H,1-4,9-10,13H2,(H,26,29). The second-order valence-corrected chi connectivity index (χ2v) is 10.2. The first-order chi connectivity index (χ1) is 15.8. The van der Waals surface area contributed by atoms with Crippen LogP contribution in [-0.2, 0) is 21.4 Å². The van der Waals surface area contributed by atoms with Gasteiger partial charge < -0.3 is 5.32 Å². The second-order valence-electron chi connectivity index (χ2n) is 7.85. The van der Waals surface area contributed by atoms with Crippen molar-refractivity contribution >= 4 is 44.1 Å². The van der Waals surface area contributed by atoms with Crippen LogP contribution < -0.4 is 10.9 Å². The van der Waals surface area contributed by atoms with Gasteiger partial charge in [0.1, 0.15) is 12.4 Å². The summed E-state index contributed by atoms with van der Waals surface area (Å²) >= 11 is 6.19. The van der Waals surface area contributed by atoms with Crippen LogP contribution in [0.2, 0.25) is 5.02 Å². The number of nitrogens with zero attached hydrogens (tertiary/aromatic N) is 3. The summed E-state index contributed by atoms with van der Waals surface area (Å²) in [6.07, 6.45) is 4.75. The quantitative estimate of drug-likeness (QED) is 0.588. The topological polar surface area (TPSA) is 101 Å². The predicted molar refractivity (Wildman–Crippen MR) is 123 cm³/mol. The summed E-state index contributed by atoms with van der Waals surface area (Å²) in [6.45, 7) is 0.529. The van der Waals surface area contributed by atoms with E-state index < -0.39 is 27.3 Å². The fourth-order valence-electron chi connectivity index (χ4n) is 3.78. The number of carbonyl (C=O) groups excluding carboxylic acids is 1. The maximum atomic E-state index is 13.3. The zero-order chi connectivity index (χ0) is 23.6. The predicted octanol–water partition coefficient (Wildman–Crippen LogP) is 3.39. The lowest BCUT2D eigenvalue weighted by Crippen LogP contribution is -2.32. The Bertz CT molecular complexity index is 1370. The van der Waals surface area contributed by atoms with Crippen molar-refractivity contribution in [3.63, 3.8) is 0 Å². The molecule has 0 spiro atoms. The van der Waals surface area contributed by atoms with Crippen molar-refractivity contribution in [3.8, 4) is 0 Å². The number of amides is 1. The Hall–Kier alpha value is -2.82. The molecule has 11 heteroatoms. The van der Waals surface area contributed by atoms with Crippen LogP contribution in [0.5, 0.6) is 0 Å². The number of sulfonamides is 1. The number of hydrogen-bond donors (Lipinski definition) is 1. The molecule has 0 unspecified atom stereocenters. The molecule has 0 radical (unpaired) electrons. The van der Waals surface area contributed by atoms with Crippen molar-refractivity contribution in [1.29, 1.82) is 0 Å². The molecule has 2 heterocycles. The lowest BCUT2D eigenvalue weighted by molar-refractivity contribution is -0.116. The van der Waals surface area contributed by atoms with Gasteiger partial charge in [-0.15, -0.1) is 0 Å². The fourth-order valence-corrected chi connectivity index (χ4v) is 5.49. The lowest BCUT2D eigenvalue weighted by Gasteiger charge is -2.20. The molecule has 1 saturated heterocycles. The maximum absolute atomic E-state index is 13.3. The fraction of sp³-hybridized carbons (Fsp3) is 0.318. The molecule has 3 aromatic rings. The molecule has 0 atom stereocenters. The summed E-state index contributed by atoms with van der Waals surface area (Å²) in [4.78, 5) is 29.3. The zero-order valence-electron chi connectivity index (χ0n) is 17.6. The highest BCUT2D eigenvalue weighted by atomic mass is 35.5. The number of aromatic nitrogens is 2. The Kier molecular flexibility index (Phi) is 6.78. The van der Waals surface area contributed by atoms with E-state index in [2.05, 4.69) is 10.3 Å². The summed E-state index contributed by atoms with van der Waals surface area (Å²) in [7, 11) is -3.73. The molecule has 0 bridgehead atoms. The summed E-state index contributed by atoms with van der Waals surface area (Å²) in [5, 5.41) is 2.91. The minimum atomic E-state index is -3.73. The highest BCUT2D eigenvalue weighted by molar-refractivity contribution is 7.89. The number of carbonyl (C=O) groups is 1. The van der Waals surface area contributed by atoms with Crippen LogP contribution in [0, 0.1) is 5.82 Å². The minimum Gasteiger partial charge on any atom is -0.323 e. The Labute approximate surface area is 195 Å². The van der Waals surface area contributed by atoms with E-state index in [0.717, 1.165) is 48.7 Å². The third kappa shape index (κ3) is 5.07. The number of hydrogen-bond acceptors (Lipinski definition) is 5. The number of fused-ring (bicyclic) bond motifs is 1. The Balaban J connectivity index is 1.55. The smallest absolute Gasteiger partial charge is 0.261 e. The Morgan fingerprint density at radius 2 is 1.82 bits per heavy atom. The van der Waals surface area contributed by atoms with Crippen LogP contribution in [0.25, 0.3) is 10.9 Å². The van der Waals surface area contributed by atoms with E-state index in [1.807, 2.05) is 0 Å². The van der Waals surface area contributed by atoms with Gasteiger partial charge in [0.15, 0.2) is 0 Å². The monoisotopic (exact) mass is 492 g/mol. The normalized spacial score (nSPS) is 15.3. The van der Waals surface area contributed by atoms with Crippen molar-refractivity contribution in [2.75, 3.05) is 18.4 Å². The molecule has 1 aliphatic heterocycles. The molecule has 1 amide bonds. The average Bonchev–Trinajstić information content (AvgIpc) is 3.07. The molecular formula is C22H22ClFN4O4S. The van der Waals surface area contributed by atoms with Gasteiger partial charge in [0, 0.05) is 19.2 Å². The second kappa shape index (κ2) is 9.58. The van der Waals surface area contributed by atoms with Gasteiger partial charge in [-0.05, 0) is 43.2 Å². The molecule has 2 aromatic carbocycles. The van der Waals surface area contributed by atoms with Crippen molar-refractivity contribution < 1.29 is 17.6 Å². The summed E-state index contributed by atoms with van der Waals surface area (Å²) < 4.78 is 42.0. The van der Waals surface area contributed by atoms with Crippen LogP contribution in [0.3, 0.4) is 0 Å². The lowest BCUT2D eigenvalue weighted by atomic mass is 10.2. The summed E-state index contributed by atoms with van der Waals surface area (Å²) in [5.74, 6) is -1.11. The van der Waals surface area contributed by atoms with Gasteiger partial charge in [0.25, 0.3) is 5.56 Å². The molecule has 1 fully saturated rings. The van der Waals surface area contributed by atoms with Crippen LogP contribution >= 0.6 is 11.6 Å². The van der Waals surface area contributed by atoms with Crippen LogP contribution in [0.1, 0.15) is 25.7 Å². The van der Waals surface area contributed by atoms with Gasteiger partial charge in [-0.2, -0.15) is 4.31 Å².